The number of benzene rings is 4. The summed E-state index contributed by atoms with van der Waals surface area (Å²) >= 11 is 1.49. The van der Waals surface area contributed by atoms with Crippen molar-refractivity contribution < 1.29 is 24.8 Å². The van der Waals surface area contributed by atoms with Gasteiger partial charge in [-0.05, 0) is 42.5 Å². The molecule has 0 saturated heterocycles. The van der Waals surface area contributed by atoms with Crippen LogP contribution in [0.3, 0.4) is 0 Å². The van der Waals surface area contributed by atoms with Crippen LogP contribution in [0.2, 0.25) is 0 Å². The second kappa shape index (κ2) is 6.86. The van der Waals surface area contributed by atoms with Crippen LogP contribution in [0.15, 0.2) is 77.2 Å². The van der Waals surface area contributed by atoms with E-state index in [1.807, 2.05) is 24.3 Å². The largest absolute Gasteiger partial charge is 0.508 e. The zero-order valence-corrected chi connectivity index (χ0v) is 16.4. The highest BCUT2D eigenvalue weighted by molar-refractivity contribution is 7.26. The maximum Gasteiger partial charge on any atom is 0.177 e. The van der Waals surface area contributed by atoms with E-state index in [0.717, 1.165) is 30.9 Å². The van der Waals surface area contributed by atoms with Crippen LogP contribution >= 0.6 is 11.3 Å². The first-order valence-electron chi connectivity index (χ1n) is 9.18. The molecule has 2 aromatic heterocycles. The summed E-state index contributed by atoms with van der Waals surface area (Å²) in [6, 6.07) is 20.9. The fourth-order valence-corrected chi connectivity index (χ4v) is 4.69. The first-order chi connectivity index (χ1) is 14.5. The van der Waals surface area contributed by atoms with Gasteiger partial charge >= 0.3 is 0 Å². The molecule has 0 unspecified atom stereocenters. The van der Waals surface area contributed by atoms with Crippen LogP contribution in [0.4, 0.5) is 0 Å². The molecule has 4 aromatic carbocycles. The number of para-hydroxylation sites is 1. The van der Waals surface area contributed by atoms with Gasteiger partial charge < -0.3 is 24.8 Å². The minimum absolute atomic E-state index is 0.114. The van der Waals surface area contributed by atoms with Gasteiger partial charge in [-0.3, -0.25) is 0 Å². The Kier molecular flexibility index (Phi) is 4.15. The third kappa shape index (κ3) is 2.94. The van der Waals surface area contributed by atoms with Gasteiger partial charge in [0.25, 0.3) is 0 Å². The van der Waals surface area contributed by atoms with Crippen molar-refractivity contribution in [1.82, 2.24) is 0 Å². The Hall–Kier alpha value is -3.90. The van der Waals surface area contributed by atoms with Crippen molar-refractivity contribution in [1.29, 1.82) is 0 Å². The Labute approximate surface area is 174 Å². The van der Waals surface area contributed by atoms with E-state index >= 15 is 0 Å². The van der Waals surface area contributed by atoms with Crippen molar-refractivity contribution in [3.8, 4) is 23.0 Å². The summed E-state index contributed by atoms with van der Waals surface area (Å²) in [7, 11) is 0. The van der Waals surface area contributed by atoms with Crippen LogP contribution in [0.1, 0.15) is 0 Å². The normalized spacial score (nSPS) is 11.2. The lowest BCUT2D eigenvalue weighted by molar-refractivity contribution is 0.466. The molecule has 0 saturated carbocycles. The van der Waals surface area contributed by atoms with Crippen LogP contribution in [0.5, 0.6) is 23.0 Å². The summed E-state index contributed by atoms with van der Waals surface area (Å²) < 4.78 is 7.32. The number of thiophene rings is 1. The van der Waals surface area contributed by atoms with Gasteiger partial charge in [-0.25, -0.2) is 0 Å². The molecule has 0 bridgehead atoms. The highest BCUT2D eigenvalue weighted by atomic mass is 32.1. The zero-order valence-electron chi connectivity index (χ0n) is 15.5. The van der Waals surface area contributed by atoms with Crippen molar-refractivity contribution in [2.75, 3.05) is 0 Å². The van der Waals surface area contributed by atoms with Gasteiger partial charge in [-0.15, -0.1) is 11.3 Å². The van der Waals surface area contributed by atoms with E-state index < -0.39 is 0 Å². The summed E-state index contributed by atoms with van der Waals surface area (Å²) in [5.74, 6) is 0.825. The third-order valence-electron chi connectivity index (χ3n) is 4.92. The fourth-order valence-electron chi connectivity index (χ4n) is 3.54. The van der Waals surface area contributed by atoms with E-state index in [1.54, 1.807) is 42.5 Å². The predicted molar refractivity (Wildman–Crippen MR) is 120 cm³/mol. The van der Waals surface area contributed by atoms with Crippen LogP contribution in [-0.2, 0) is 0 Å². The lowest BCUT2D eigenvalue weighted by atomic mass is 10.1. The minimum atomic E-state index is 0.114. The number of phenols is 4. The second-order valence-corrected chi connectivity index (χ2v) is 7.92. The van der Waals surface area contributed by atoms with Gasteiger partial charge in [0.05, 0.1) is 4.70 Å². The lowest BCUT2D eigenvalue weighted by Gasteiger charge is -1.93. The van der Waals surface area contributed by atoms with Crippen molar-refractivity contribution in [2.45, 2.75) is 0 Å². The second-order valence-electron chi connectivity index (χ2n) is 6.87. The van der Waals surface area contributed by atoms with E-state index in [4.69, 9.17) is 4.42 Å². The monoisotopic (exact) mass is 416 g/mol. The fraction of sp³-hybridized carbons (Fsp3) is 0. The molecular formula is C24H16O5S. The smallest absolute Gasteiger partial charge is 0.177 e. The van der Waals surface area contributed by atoms with E-state index in [-0.39, 0.29) is 17.2 Å². The van der Waals surface area contributed by atoms with Gasteiger partial charge in [0, 0.05) is 32.3 Å². The molecule has 0 atom stereocenters. The summed E-state index contributed by atoms with van der Waals surface area (Å²) in [5.41, 5.74) is 1.03. The summed E-state index contributed by atoms with van der Waals surface area (Å²) in [6.45, 7) is 0. The van der Waals surface area contributed by atoms with Gasteiger partial charge in [-0.2, -0.15) is 0 Å². The number of furan rings is 1. The molecule has 0 amide bonds. The molecule has 0 fully saturated rings. The molecule has 6 heteroatoms. The Morgan fingerprint density at radius 3 is 2.07 bits per heavy atom. The number of aromatic hydroxyl groups is 4. The first kappa shape index (κ1) is 18.1. The summed E-state index contributed by atoms with van der Waals surface area (Å²) in [6.07, 6.45) is 0. The Balaban J connectivity index is 0.000000128. The maximum absolute atomic E-state index is 9.69. The van der Waals surface area contributed by atoms with Gasteiger partial charge in [-0.1, -0.05) is 24.3 Å². The highest BCUT2D eigenvalue weighted by Gasteiger charge is 2.10. The van der Waals surface area contributed by atoms with Crippen molar-refractivity contribution in [3.05, 3.63) is 72.8 Å². The van der Waals surface area contributed by atoms with E-state index in [0.29, 0.717) is 16.9 Å². The molecule has 148 valence electrons. The van der Waals surface area contributed by atoms with E-state index in [1.165, 1.54) is 17.4 Å². The number of rotatable bonds is 0. The van der Waals surface area contributed by atoms with Crippen LogP contribution in [-0.4, -0.2) is 20.4 Å². The predicted octanol–water partition coefficient (Wildman–Crippen LogP) is 6.46. The average Bonchev–Trinajstić information content (AvgIpc) is 3.28. The van der Waals surface area contributed by atoms with Crippen LogP contribution in [0.25, 0.3) is 42.1 Å². The topological polar surface area (TPSA) is 94.1 Å². The summed E-state index contributed by atoms with van der Waals surface area (Å²) in [4.78, 5) is 0. The highest BCUT2D eigenvalue weighted by Crippen LogP contribution is 2.39. The lowest BCUT2D eigenvalue weighted by Crippen LogP contribution is -1.67. The molecule has 2 heterocycles. The quantitative estimate of drug-likeness (QED) is 0.228. The summed E-state index contributed by atoms with van der Waals surface area (Å²) in [5, 5.41) is 41.8. The number of hydrogen-bond donors (Lipinski definition) is 4. The SMILES string of the molecule is Oc1ccc2c(c1)oc1c(O)cccc12.Oc1ccc2c(c1)sc1c(O)cccc12. The average molecular weight is 416 g/mol. The van der Waals surface area contributed by atoms with E-state index in [2.05, 4.69) is 0 Å². The molecule has 0 spiro atoms. The van der Waals surface area contributed by atoms with Crippen LogP contribution < -0.4 is 0 Å². The Morgan fingerprint density at radius 2 is 1.27 bits per heavy atom. The molecule has 6 aromatic rings. The first-order valence-corrected chi connectivity index (χ1v) is 9.99. The number of phenolic OH excluding ortho intramolecular Hbond substituents is 4. The molecule has 0 aliphatic rings. The molecule has 6 rings (SSSR count). The third-order valence-corrected chi connectivity index (χ3v) is 6.11. The number of hydrogen-bond acceptors (Lipinski definition) is 6. The van der Waals surface area contributed by atoms with E-state index in [9.17, 15) is 20.4 Å². The standard InChI is InChI=1S/C12H8O3.C12H8O2S/c2*13-7-4-5-8-9-2-1-3-10(14)12(9)15-11(8)6-7/h2*1-6,13-14H. The molecule has 4 N–H and O–H groups in total. The molecule has 30 heavy (non-hydrogen) atoms. The Morgan fingerprint density at radius 1 is 0.600 bits per heavy atom. The van der Waals surface area contributed by atoms with Gasteiger partial charge in [0.15, 0.2) is 11.3 Å². The zero-order chi connectivity index (χ0) is 20.8. The maximum atomic E-state index is 9.69. The minimum Gasteiger partial charge on any atom is -0.508 e. The molecule has 5 nitrogen and oxygen atoms in total. The van der Waals surface area contributed by atoms with Crippen molar-refractivity contribution in [2.24, 2.45) is 0 Å². The van der Waals surface area contributed by atoms with Crippen molar-refractivity contribution in [3.63, 3.8) is 0 Å². The molecule has 0 aliphatic carbocycles. The molecular weight excluding hydrogens is 400 g/mol. The van der Waals surface area contributed by atoms with Gasteiger partial charge in [0.1, 0.15) is 22.8 Å². The van der Waals surface area contributed by atoms with Crippen molar-refractivity contribution >= 4 is 53.4 Å². The molecule has 0 radical (unpaired) electrons. The Bertz CT molecular complexity index is 1430. The van der Waals surface area contributed by atoms with Crippen LogP contribution in [0, 0.1) is 0 Å². The van der Waals surface area contributed by atoms with Gasteiger partial charge in [0.2, 0.25) is 0 Å². The molecule has 0 aliphatic heterocycles. The number of fused-ring (bicyclic) bond motifs is 6.